The van der Waals surface area contributed by atoms with Crippen LogP contribution in [0.15, 0.2) is 18.6 Å². The van der Waals surface area contributed by atoms with Gasteiger partial charge in [0.15, 0.2) is 0 Å². The van der Waals surface area contributed by atoms with Crippen molar-refractivity contribution in [3.63, 3.8) is 0 Å². The molecule has 3 aromatic heterocycles. The van der Waals surface area contributed by atoms with Crippen LogP contribution in [-0.2, 0) is 48.2 Å². The van der Waals surface area contributed by atoms with Crippen molar-refractivity contribution in [1.29, 1.82) is 0 Å². The molecule has 0 spiro atoms. The lowest BCUT2D eigenvalue weighted by Gasteiger charge is -2.62. The predicted octanol–water partition coefficient (Wildman–Crippen LogP) is 27.7. The van der Waals surface area contributed by atoms with Crippen molar-refractivity contribution in [3.05, 3.63) is 51.3 Å². The molecule has 5 atom stereocenters. The van der Waals surface area contributed by atoms with Gasteiger partial charge in [0.2, 0.25) is 11.8 Å². The van der Waals surface area contributed by atoms with Gasteiger partial charge in [0, 0.05) is 54.2 Å². The van der Waals surface area contributed by atoms with E-state index in [0.29, 0.717) is 28.7 Å². The Bertz CT molecular complexity index is 3590. The topological polar surface area (TPSA) is 158 Å². The number of aryl methyl sites for hydroxylation is 5. The molecular formula is C108H187N7O4S. The van der Waals surface area contributed by atoms with Crippen LogP contribution in [0.2, 0.25) is 0 Å². The molecule has 14 bridgehead atoms. The number of thiazole rings is 1. The Morgan fingerprint density at radius 1 is 0.508 bits per heavy atom. The van der Waals surface area contributed by atoms with E-state index in [2.05, 4.69) is 200 Å². The van der Waals surface area contributed by atoms with E-state index in [9.17, 15) is 19.8 Å². The first-order valence-electron chi connectivity index (χ1n) is 51.1. The van der Waals surface area contributed by atoms with Gasteiger partial charge in [-0.15, -0.1) is 11.3 Å². The monoisotopic (exact) mass is 1680 g/mol. The largest absolute Gasteiger partial charge is 0.390 e. The summed E-state index contributed by atoms with van der Waals surface area (Å²) in [5, 5.41) is 31.5. The van der Waals surface area contributed by atoms with Crippen LogP contribution in [0, 0.1) is 149 Å². The standard InChI is InChI=1S/C16H29NO2.C13H23NO.C13H22O.C12H22.C11H17NS.C11H17N.2C11H20.C10H17N3/c1-12(2)15-5-8-16(9-6-15,10-7-15)13(18)17-11-14(3,4)19;1-10(2)12-4-7-13(8-5-12,9-6-12)11(15)14-3;1-9(2)12-4-10-3-11(5-12)7-13(14,6-10)8-12;1-10(2)12-7-4-11(3,5-8-12)6-9-12;1-7(2)9-4-5-10-11(6-9)13-8(3)12-10;1-8(2)9-3-4-11-10(7-9)5-6-12-11;2*1-9(2)11-6-4-10(3,8-11)5-7-11;1-8(2)9-3-4-10-11-7-12-13(10)6-5-9/h12,19H,5-11H2,1-4H3,(H,17,18);10H,4-9H2,1-3H3,(H,14,15);9-11,14H,3-8H2,1-2H3;10H,4-9H2,1-3H3;7,9H,4-6H2,1-3H3;5-6,8-9,12H,3-4,7H2,1-2H3;2*9H,4-8H2,1-3H3;7-9H,3-6H2,1-2H3. The van der Waals surface area contributed by atoms with Crippen LogP contribution in [0.4, 0.5) is 0 Å². The van der Waals surface area contributed by atoms with Crippen molar-refractivity contribution < 1.29 is 19.8 Å². The molecule has 684 valence electrons. The molecule has 0 radical (unpaired) electrons. The summed E-state index contributed by atoms with van der Waals surface area (Å²) in [5.41, 5.74) is 9.35. The van der Waals surface area contributed by atoms with Crippen LogP contribution >= 0.6 is 11.3 Å². The molecule has 0 saturated heterocycles. The van der Waals surface area contributed by atoms with E-state index in [1.807, 2.05) is 11.3 Å². The Hall–Kier alpha value is -3.09. The molecule has 1 aliphatic heterocycles. The summed E-state index contributed by atoms with van der Waals surface area (Å²) in [4.78, 5) is 38.1. The highest BCUT2D eigenvalue weighted by Crippen LogP contribution is 2.68. The van der Waals surface area contributed by atoms with Crippen molar-refractivity contribution in [3.8, 4) is 0 Å². The zero-order valence-corrected chi connectivity index (χ0v) is 83.4. The van der Waals surface area contributed by atoms with Crippen LogP contribution in [0.3, 0.4) is 0 Å². The number of aliphatic hydroxyl groups is 2. The lowest BCUT2D eigenvalue weighted by atomic mass is 9.45. The molecule has 5 N–H and O–H groups in total. The molecule has 19 aliphatic carbocycles. The van der Waals surface area contributed by atoms with E-state index in [4.69, 9.17) is 0 Å². The summed E-state index contributed by atoms with van der Waals surface area (Å²) in [6.07, 6.45) is 60.7. The molecule has 0 aromatic carbocycles. The van der Waals surface area contributed by atoms with E-state index in [-0.39, 0.29) is 22.3 Å². The first-order chi connectivity index (χ1) is 56.2. The van der Waals surface area contributed by atoms with E-state index >= 15 is 0 Å². The second-order valence-electron chi connectivity index (χ2n) is 50.0. The molecule has 120 heavy (non-hydrogen) atoms. The zero-order valence-electron chi connectivity index (χ0n) is 82.5. The van der Waals surface area contributed by atoms with E-state index in [0.717, 1.165) is 186 Å². The van der Waals surface area contributed by atoms with Crippen molar-refractivity contribution in [2.45, 2.75) is 460 Å². The highest BCUT2D eigenvalue weighted by Gasteiger charge is 2.60. The molecule has 5 unspecified atom stereocenters. The molecule has 17 saturated carbocycles. The lowest BCUT2D eigenvalue weighted by molar-refractivity contribution is -0.177. The number of nitrogens with one attached hydrogen (secondary N) is 3. The second-order valence-corrected chi connectivity index (χ2v) is 51.3. The van der Waals surface area contributed by atoms with Crippen molar-refractivity contribution in [2.75, 3.05) is 13.6 Å². The van der Waals surface area contributed by atoms with Gasteiger partial charge in [-0.1, -0.05) is 145 Å². The Morgan fingerprint density at radius 2 is 0.917 bits per heavy atom. The second kappa shape index (κ2) is 38.7. The molecule has 23 rings (SSSR count). The average molecular weight is 1680 g/mol. The summed E-state index contributed by atoms with van der Waals surface area (Å²) in [6.45, 7) is 57.0. The van der Waals surface area contributed by atoms with Gasteiger partial charge in [-0.05, 0) is 434 Å². The summed E-state index contributed by atoms with van der Waals surface area (Å²) in [6, 6.07) is 2.24. The number of hydrogen-bond donors (Lipinski definition) is 5. The van der Waals surface area contributed by atoms with Gasteiger partial charge in [-0.25, -0.2) is 9.97 Å². The molecule has 2 amide bonds. The van der Waals surface area contributed by atoms with E-state index < -0.39 is 5.60 Å². The number of nitrogens with zero attached hydrogens (tertiary/aromatic N) is 4. The fraction of sp³-hybridized carbons (Fsp3) is 0.898. The van der Waals surface area contributed by atoms with Crippen LogP contribution in [0.5, 0.6) is 0 Å². The number of H-pyrrole nitrogens is 1. The minimum atomic E-state index is -0.822. The third kappa shape index (κ3) is 22.4. The summed E-state index contributed by atoms with van der Waals surface area (Å²) in [7, 11) is 1.77. The quantitative estimate of drug-likeness (QED) is 0.114. The maximum Gasteiger partial charge on any atom is 0.226 e. The summed E-state index contributed by atoms with van der Waals surface area (Å²) < 4.78 is 2.06. The Morgan fingerprint density at radius 3 is 1.32 bits per heavy atom. The number of carbonyl (C=O) groups is 2. The third-order valence-corrected chi connectivity index (χ3v) is 40.3. The van der Waals surface area contributed by atoms with Crippen molar-refractivity contribution in [2.24, 2.45) is 142 Å². The average Bonchev–Trinajstić information content (AvgIpc) is 1.24. The molecule has 12 heteroatoms. The van der Waals surface area contributed by atoms with E-state index in [1.54, 1.807) is 37.7 Å². The highest BCUT2D eigenvalue weighted by molar-refractivity contribution is 7.11. The highest BCUT2D eigenvalue weighted by atomic mass is 32.1. The van der Waals surface area contributed by atoms with Gasteiger partial charge in [-0.2, -0.15) is 5.10 Å². The number of aromatic amines is 1. The lowest BCUT2D eigenvalue weighted by Crippen LogP contribution is -2.57. The molecule has 4 heterocycles. The fourth-order valence-corrected chi connectivity index (χ4v) is 29.9. The van der Waals surface area contributed by atoms with Gasteiger partial charge in [-0.3, -0.25) is 14.3 Å². The van der Waals surface area contributed by atoms with E-state index in [1.165, 1.54) is 234 Å². The Labute approximate surface area is 741 Å². The molecule has 3 aromatic rings. The number of rotatable bonds is 13. The number of fused-ring (bicyclic) bond motifs is 16. The van der Waals surface area contributed by atoms with Crippen molar-refractivity contribution >= 4 is 23.2 Å². The predicted molar refractivity (Wildman–Crippen MR) is 505 cm³/mol. The normalized spacial score (nSPS) is 37.8. The first kappa shape index (κ1) is 97.5. The molecule has 20 aliphatic rings. The Balaban J connectivity index is 0.000000133. The number of amides is 2. The molecule has 17 fully saturated rings. The van der Waals surface area contributed by atoms with Gasteiger partial charge < -0.3 is 25.8 Å². The molecular weight excluding hydrogens is 1490 g/mol. The minimum Gasteiger partial charge on any atom is -0.390 e. The van der Waals surface area contributed by atoms with Crippen molar-refractivity contribution in [1.82, 2.24) is 35.4 Å². The number of hydrogen-bond acceptors (Lipinski definition) is 8. The minimum absolute atomic E-state index is 0.00535. The smallest absolute Gasteiger partial charge is 0.226 e. The summed E-state index contributed by atoms with van der Waals surface area (Å²) >= 11 is 1.90. The van der Waals surface area contributed by atoms with Crippen LogP contribution in [-0.4, -0.2) is 71.6 Å². The maximum absolute atomic E-state index is 12.5. The third-order valence-electron chi connectivity index (χ3n) is 39.3. The van der Waals surface area contributed by atoms with Gasteiger partial charge in [0.25, 0.3) is 0 Å². The van der Waals surface area contributed by atoms with Crippen LogP contribution in [0.25, 0.3) is 0 Å². The maximum atomic E-state index is 12.5. The number of aromatic nitrogens is 5. The Kier molecular flexibility index (Phi) is 31.4. The SMILES string of the molecule is CC(C)C12CC3CC(CC(O)(C3)C1)C2.CC(C)C12CCC(C(=O)NCC(C)(C)O)(CC1)CC2.CC(C)C12CCC(C)(CC1)C2.CC(C)C12CCC(C)(CC1)C2.CC(C)C12CCC(C)(CC1)CC2.CC(C)C1CCc2[nH]ccc2C1.CC(C)C1CCc2ncnn2CC1.CNC(=O)C12CCC(C(C)C)(CC1)CC2.Cc1nc2c(s1)CC(C(C)C)CC2. The van der Waals surface area contributed by atoms with Gasteiger partial charge >= 0.3 is 0 Å². The number of carbonyl (C=O) groups excluding carboxylic acids is 2. The van der Waals surface area contributed by atoms with Gasteiger partial charge in [0.1, 0.15) is 12.2 Å². The fourth-order valence-electron chi connectivity index (χ4n) is 28.8. The molecule has 11 nitrogen and oxygen atoms in total. The summed E-state index contributed by atoms with van der Waals surface area (Å²) in [5.74, 6) is 13.5. The van der Waals surface area contributed by atoms with Crippen LogP contribution in [0.1, 0.15) is 436 Å². The van der Waals surface area contributed by atoms with Crippen LogP contribution < -0.4 is 10.6 Å². The first-order valence-corrected chi connectivity index (χ1v) is 51.9. The van der Waals surface area contributed by atoms with Gasteiger partial charge in [0.05, 0.1) is 21.9 Å². The zero-order chi connectivity index (χ0) is 87.7.